The summed E-state index contributed by atoms with van der Waals surface area (Å²) in [6.45, 7) is 1.26. The first-order valence-electron chi connectivity index (χ1n) is 5.79. The van der Waals surface area contributed by atoms with Gasteiger partial charge in [0.15, 0.2) is 5.78 Å². The molecule has 0 aromatic carbocycles. The standard InChI is InChI=1S/C12H15NO5/c1-17-12(16)10-6-8(14)2-3-9(10)11(15)13-4-5-18-7-13/h2-3,9-10H,4-7H2,1H3/t9-,10-/m1/s1. The zero-order valence-electron chi connectivity index (χ0n) is 10.1. The van der Waals surface area contributed by atoms with Crippen LogP contribution in [0, 0.1) is 11.8 Å². The lowest BCUT2D eigenvalue weighted by molar-refractivity contribution is -0.153. The van der Waals surface area contributed by atoms with Gasteiger partial charge < -0.3 is 14.4 Å². The molecular weight excluding hydrogens is 238 g/mol. The van der Waals surface area contributed by atoms with Crippen molar-refractivity contribution in [2.45, 2.75) is 6.42 Å². The summed E-state index contributed by atoms with van der Waals surface area (Å²) >= 11 is 0. The number of ether oxygens (including phenoxy) is 2. The van der Waals surface area contributed by atoms with Crippen molar-refractivity contribution in [1.29, 1.82) is 0 Å². The number of amides is 1. The molecule has 0 aromatic heterocycles. The largest absolute Gasteiger partial charge is 0.469 e. The molecule has 1 heterocycles. The first kappa shape index (κ1) is 12.8. The Labute approximate surface area is 105 Å². The SMILES string of the molecule is COC(=O)[C@@H]1CC(=O)C=C[C@H]1C(=O)N1CCOC1. The lowest BCUT2D eigenvalue weighted by Crippen LogP contribution is -2.41. The Kier molecular flexibility index (Phi) is 3.76. The van der Waals surface area contributed by atoms with E-state index in [1.807, 2.05) is 0 Å². The number of carbonyl (C=O) groups excluding carboxylic acids is 3. The number of hydrogen-bond acceptors (Lipinski definition) is 5. The lowest BCUT2D eigenvalue weighted by Gasteiger charge is -2.27. The predicted molar refractivity (Wildman–Crippen MR) is 60.3 cm³/mol. The molecule has 1 amide bonds. The summed E-state index contributed by atoms with van der Waals surface area (Å²) in [6.07, 6.45) is 2.88. The fourth-order valence-electron chi connectivity index (χ4n) is 2.19. The van der Waals surface area contributed by atoms with Gasteiger partial charge in [-0.1, -0.05) is 6.08 Å². The molecule has 0 spiro atoms. The molecule has 2 rings (SSSR count). The quantitative estimate of drug-likeness (QED) is 0.634. The van der Waals surface area contributed by atoms with E-state index in [9.17, 15) is 14.4 Å². The van der Waals surface area contributed by atoms with Gasteiger partial charge in [0.05, 0.1) is 25.6 Å². The molecule has 0 bridgehead atoms. The van der Waals surface area contributed by atoms with Crippen molar-refractivity contribution < 1.29 is 23.9 Å². The second-order valence-electron chi connectivity index (χ2n) is 4.32. The molecule has 0 unspecified atom stereocenters. The molecule has 6 nitrogen and oxygen atoms in total. The van der Waals surface area contributed by atoms with E-state index < -0.39 is 17.8 Å². The number of allylic oxidation sites excluding steroid dienone is 1. The third kappa shape index (κ3) is 2.43. The number of methoxy groups -OCH3 is 1. The van der Waals surface area contributed by atoms with Gasteiger partial charge in [-0.3, -0.25) is 14.4 Å². The molecule has 1 fully saturated rings. The average Bonchev–Trinajstić information content (AvgIpc) is 2.90. The molecule has 98 valence electrons. The van der Waals surface area contributed by atoms with Crippen molar-refractivity contribution in [3.63, 3.8) is 0 Å². The number of esters is 1. The average molecular weight is 253 g/mol. The van der Waals surface area contributed by atoms with Crippen molar-refractivity contribution >= 4 is 17.7 Å². The Bertz CT molecular complexity index is 397. The molecule has 0 N–H and O–H groups in total. The first-order valence-corrected chi connectivity index (χ1v) is 5.79. The summed E-state index contributed by atoms with van der Waals surface area (Å²) in [7, 11) is 1.26. The first-order chi connectivity index (χ1) is 8.63. The summed E-state index contributed by atoms with van der Waals surface area (Å²) in [6, 6.07) is 0. The molecule has 2 atom stereocenters. The van der Waals surface area contributed by atoms with Crippen LogP contribution >= 0.6 is 0 Å². The van der Waals surface area contributed by atoms with Crippen LogP contribution in [0.1, 0.15) is 6.42 Å². The molecule has 1 aliphatic heterocycles. The highest BCUT2D eigenvalue weighted by atomic mass is 16.5. The van der Waals surface area contributed by atoms with Crippen LogP contribution in [-0.2, 0) is 23.9 Å². The zero-order valence-corrected chi connectivity index (χ0v) is 10.1. The third-order valence-electron chi connectivity index (χ3n) is 3.20. The third-order valence-corrected chi connectivity index (χ3v) is 3.20. The van der Waals surface area contributed by atoms with Crippen LogP contribution < -0.4 is 0 Å². The number of hydrogen-bond donors (Lipinski definition) is 0. The van der Waals surface area contributed by atoms with Crippen LogP contribution in [0.5, 0.6) is 0 Å². The predicted octanol–water partition coefficient (Wildman–Crippen LogP) is -0.263. The minimum atomic E-state index is -0.722. The van der Waals surface area contributed by atoms with Crippen LogP contribution in [0.4, 0.5) is 0 Å². The van der Waals surface area contributed by atoms with Gasteiger partial charge in [0, 0.05) is 13.0 Å². The second-order valence-corrected chi connectivity index (χ2v) is 4.32. The summed E-state index contributed by atoms with van der Waals surface area (Å²) in [5.74, 6) is -2.22. The normalized spacial score (nSPS) is 27.4. The van der Waals surface area contributed by atoms with Crippen LogP contribution in [0.15, 0.2) is 12.2 Å². The molecule has 0 radical (unpaired) electrons. The minimum Gasteiger partial charge on any atom is -0.469 e. The zero-order chi connectivity index (χ0) is 13.1. The van der Waals surface area contributed by atoms with E-state index in [1.54, 1.807) is 4.90 Å². The molecule has 6 heteroatoms. The van der Waals surface area contributed by atoms with E-state index in [0.717, 1.165) is 0 Å². The smallest absolute Gasteiger partial charge is 0.310 e. The lowest BCUT2D eigenvalue weighted by atomic mass is 9.82. The van der Waals surface area contributed by atoms with Crippen LogP contribution in [0.25, 0.3) is 0 Å². The Morgan fingerprint density at radius 3 is 2.89 bits per heavy atom. The minimum absolute atomic E-state index is 0.0221. The highest BCUT2D eigenvalue weighted by molar-refractivity contribution is 5.98. The van der Waals surface area contributed by atoms with Gasteiger partial charge in [-0.2, -0.15) is 0 Å². The van der Waals surface area contributed by atoms with Crippen LogP contribution in [0.3, 0.4) is 0 Å². The topological polar surface area (TPSA) is 72.9 Å². The molecule has 0 aromatic rings. The van der Waals surface area contributed by atoms with Crippen molar-refractivity contribution in [2.24, 2.45) is 11.8 Å². The van der Waals surface area contributed by atoms with Crippen LogP contribution in [0.2, 0.25) is 0 Å². The van der Waals surface area contributed by atoms with E-state index in [4.69, 9.17) is 4.74 Å². The number of ketones is 1. The molecule has 0 saturated carbocycles. The van der Waals surface area contributed by atoms with Gasteiger partial charge in [0.2, 0.25) is 5.91 Å². The van der Waals surface area contributed by atoms with Crippen molar-refractivity contribution in [3.05, 3.63) is 12.2 Å². The molecule has 1 saturated heterocycles. The van der Waals surface area contributed by atoms with Gasteiger partial charge in [-0.15, -0.1) is 0 Å². The van der Waals surface area contributed by atoms with Gasteiger partial charge in [0.1, 0.15) is 6.73 Å². The monoisotopic (exact) mass is 253 g/mol. The Balaban J connectivity index is 2.16. The summed E-state index contributed by atoms with van der Waals surface area (Å²) in [5.41, 5.74) is 0. The van der Waals surface area contributed by atoms with E-state index in [2.05, 4.69) is 4.74 Å². The molecular formula is C12H15NO5. The van der Waals surface area contributed by atoms with Crippen LogP contribution in [-0.4, -0.2) is 49.6 Å². The Morgan fingerprint density at radius 1 is 1.50 bits per heavy atom. The Hall–Kier alpha value is -1.69. The Morgan fingerprint density at radius 2 is 2.28 bits per heavy atom. The molecule has 2 aliphatic rings. The number of carbonyl (C=O) groups is 3. The van der Waals surface area contributed by atoms with Crippen molar-refractivity contribution in [1.82, 2.24) is 4.90 Å². The summed E-state index contributed by atoms with van der Waals surface area (Å²) in [4.78, 5) is 36.7. The van der Waals surface area contributed by atoms with Gasteiger partial charge in [-0.25, -0.2) is 0 Å². The number of nitrogens with zero attached hydrogens (tertiary/aromatic N) is 1. The summed E-state index contributed by atoms with van der Waals surface area (Å²) in [5, 5.41) is 0. The van der Waals surface area contributed by atoms with E-state index in [0.29, 0.717) is 13.2 Å². The van der Waals surface area contributed by atoms with Gasteiger partial charge in [0.25, 0.3) is 0 Å². The van der Waals surface area contributed by atoms with E-state index >= 15 is 0 Å². The number of rotatable bonds is 2. The van der Waals surface area contributed by atoms with E-state index in [1.165, 1.54) is 19.3 Å². The maximum atomic E-state index is 12.2. The second kappa shape index (κ2) is 5.30. The van der Waals surface area contributed by atoms with Crippen molar-refractivity contribution in [2.75, 3.05) is 27.0 Å². The fraction of sp³-hybridized carbons (Fsp3) is 0.583. The highest BCUT2D eigenvalue weighted by Crippen LogP contribution is 2.26. The van der Waals surface area contributed by atoms with Gasteiger partial charge >= 0.3 is 5.97 Å². The molecule has 18 heavy (non-hydrogen) atoms. The highest BCUT2D eigenvalue weighted by Gasteiger charge is 2.39. The maximum absolute atomic E-state index is 12.2. The van der Waals surface area contributed by atoms with Gasteiger partial charge in [-0.05, 0) is 6.08 Å². The molecule has 1 aliphatic carbocycles. The maximum Gasteiger partial charge on any atom is 0.310 e. The van der Waals surface area contributed by atoms with Crippen molar-refractivity contribution in [3.8, 4) is 0 Å². The van der Waals surface area contributed by atoms with E-state index in [-0.39, 0.29) is 24.8 Å². The summed E-state index contributed by atoms with van der Waals surface area (Å²) < 4.78 is 9.76. The fourth-order valence-corrected chi connectivity index (χ4v) is 2.19.